The smallest absolute Gasteiger partial charge is 0.283 e. The fraction of sp³-hybridized carbons (Fsp3) is 0.478. The summed E-state index contributed by atoms with van der Waals surface area (Å²) in [6, 6.07) is 9.35. The van der Waals surface area contributed by atoms with E-state index in [1.165, 1.54) is 6.20 Å². The minimum atomic E-state index is -0.657. The zero-order valence-electron chi connectivity index (χ0n) is 17.2. The maximum absolute atomic E-state index is 14.3. The number of nitrogens with two attached hydrogens (primary N) is 1. The lowest BCUT2D eigenvalue weighted by atomic mass is 9.67. The van der Waals surface area contributed by atoms with Crippen molar-refractivity contribution in [1.29, 1.82) is 0 Å². The second kappa shape index (κ2) is 7.23. The van der Waals surface area contributed by atoms with Crippen LogP contribution in [0.2, 0.25) is 0 Å². The van der Waals surface area contributed by atoms with E-state index in [0.29, 0.717) is 12.2 Å². The summed E-state index contributed by atoms with van der Waals surface area (Å²) in [6.45, 7) is 4.46. The second-order valence-corrected chi connectivity index (χ2v) is 8.60. The first-order valence-electron chi connectivity index (χ1n) is 10.5. The number of pyridine rings is 1. The van der Waals surface area contributed by atoms with Crippen LogP contribution in [-0.2, 0) is 15.0 Å². The summed E-state index contributed by atoms with van der Waals surface area (Å²) in [5.41, 5.74) is 7.39. The van der Waals surface area contributed by atoms with E-state index in [2.05, 4.69) is 18.8 Å². The van der Waals surface area contributed by atoms with Gasteiger partial charge >= 0.3 is 0 Å². The van der Waals surface area contributed by atoms with Crippen molar-refractivity contribution in [2.45, 2.75) is 57.0 Å². The number of benzene rings is 1. The molecule has 2 unspecified atom stereocenters. The molecule has 158 valence electrons. The molecule has 0 radical (unpaired) electrons. The molecule has 0 amide bonds. The molecule has 4 atom stereocenters. The molecule has 1 aromatic heterocycles. The summed E-state index contributed by atoms with van der Waals surface area (Å²) in [4.78, 5) is 8.59. The largest absolute Gasteiger partial charge is 0.490 e. The van der Waals surface area contributed by atoms with E-state index < -0.39 is 11.5 Å². The maximum atomic E-state index is 14.3. The number of hydrogen-bond acceptors (Lipinski definition) is 6. The summed E-state index contributed by atoms with van der Waals surface area (Å²) in [7, 11) is 0. The van der Waals surface area contributed by atoms with E-state index in [1.807, 2.05) is 18.2 Å². The second-order valence-electron chi connectivity index (χ2n) is 8.60. The molecule has 0 bridgehead atoms. The van der Waals surface area contributed by atoms with Crippen LogP contribution in [0.1, 0.15) is 38.7 Å². The third kappa shape index (κ3) is 3.12. The number of fused-ring (bicyclic) bond motifs is 4. The molecule has 1 fully saturated rings. The topological polar surface area (TPSA) is 79.0 Å². The predicted octanol–water partition coefficient (Wildman–Crippen LogP) is 3.78. The number of aliphatic imine (C=N–C) groups is 1. The van der Waals surface area contributed by atoms with Gasteiger partial charge in [-0.2, -0.15) is 4.39 Å². The summed E-state index contributed by atoms with van der Waals surface area (Å²) in [6.07, 6.45) is 4.41. The number of halogens is 1. The van der Waals surface area contributed by atoms with Crippen molar-refractivity contribution < 1.29 is 18.6 Å². The van der Waals surface area contributed by atoms with Crippen LogP contribution in [0.4, 0.5) is 4.39 Å². The number of aromatic nitrogens is 1. The molecule has 30 heavy (non-hydrogen) atoms. The number of amidine groups is 1. The van der Waals surface area contributed by atoms with Crippen LogP contribution < -0.4 is 10.5 Å². The van der Waals surface area contributed by atoms with Gasteiger partial charge in [0.2, 0.25) is 5.95 Å². The van der Waals surface area contributed by atoms with E-state index in [0.717, 1.165) is 36.1 Å². The highest BCUT2D eigenvalue weighted by Gasteiger charge is 2.55. The van der Waals surface area contributed by atoms with Crippen molar-refractivity contribution in [3.8, 4) is 16.9 Å². The lowest BCUT2D eigenvalue weighted by Gasteiger charge is -2.48. The van der Waals surface area contributed by atoms with Gasteiger partial charge in [0.25, 0.3) is 6.02 Å². The average Bonchev–Trinajstić information content (AvgIpc) is 3.11. The predicted molar refractivity (Wildman–Crippen MR) is 111 cm³/mol. The zero-order chi connectivity index (χ0) is 20.9. The van der Waals surface area contributed by atoms with E-state index in [-0.39, 0.29) is 30.3 Å². The number of rotatable bonds is 3. The Hall–Kier alpha value is -2.67. The van der Waals surface area contributed by atoms with Crippen molar-refractivity contribution in [3.05, 3.63) is 48.0 Å². The van der Waals surface area contributed by atoms with Gasteiger partial charge in [0.1, 0.15) is 24.0 Å². The van der Waals surface area contributed by atoms with Crippen molar-refractivity contribution >= 4 is 6.02 Å². The molecule has 6 nitrogen and oxygen atoms in total. The fourth-order valence-electron chi connectivity index (χ4n) is 5.13. The normalized spacial score (nSPS) is 29.7. The van der Waals surface area contributed by atoms with Gasteiger partial charge in [-0.15, -0.1) is 0 Å². The van der Waals surface area contributed by atoms with E-state index in [4.69, 9.17) is 24.9 Å². The van der Waals surface area contributed by atoms with Gasteiger partial charge in [-0.25, -0.2) is 9.98 Å². The minimum Gasteiger partial charge on any atom is -0.490 e. The Morgan fingerprint density at radius 2 is 2.13 bits per heavy atom. The van der Waals surface area contributed by atoms with Gasteiger partial charge in [0.15, 0.2) is 0 Å². The number of nitrogens with zero attached hydrogens (tertiary/aromatic N) is 2. The van der Waals surface area contributed by atoms with Crippen molar-refractivity contribution in [2.75, 3.05) is 6.61 Å². The maximum Gasteiger partial charge on any atom is 0.283 e. The Kier molecular flexibility index (Phi) is 4.65. The molecular formula is C23H26FN3O3. The molecule has 7 heteroatoms. The lowest BCUT2D eigenvalue weighted by Crippen LogP contribution is -2.52. The molecule has 2 N–H and O–H groups in total. The fourth-order valence-corrected chi connectivity index (χ4v) is 5.13. The first kappa shape index (κ1) is 19.3. The zero-order valence-corrected chi connectivity index (χ0v) is 17.2. The van der Waals surface area contributed by atoms with Crippen LogP contribution in [-0.4, -0.2) is 35.9 Å². The summed E-state index contributed by atoms with van der Waals surface area (Å²) in [5.74, 6) is 0.321. The highest BCUT2D eigenvalue weighted by atomic mass is 19.1. The monoisotopic (exact) mass is 411 g/mol. The molecule has 1 aromatic carbocycles. The summed E-state index contributed by atoms with van der Waals surface area (Å²) >= 11 is 0. The molecule has 2 aromatic rings. The van der Waals surface area contributed by atoms with Crippen LogP contribution >= 0.6 is 0 Å². The van der Waals surface area contributed by atoms with Crippen molar-refractivity contribution in [3.63, 3.8) is 0 Å². The Morgan fingerprint density at radius 3 is 2.87 bits per heavy atom. The molecular weight excluding hydrogens is 385 g/mol. The molecule has 1 spiro atoms. The first-order valence-corrected chi connectivity index (χ1v) is 10.5. The molecule has 1 aliphatic carbocycles. The van der Waals surface area contributed by atoms with Gasteiger partial charge in [0.05, 0.1) is 12.2 Å². The van der Waals surface area contributed by atoms with E-state index >= 15 is 0 Å². The number of ether oxygens (including phenoxy) is 3. The van der Waals surface area contributed by atoms with Gasteiger partial charge in [-0.1, -0.05) is 6.07 Å². The molecule has 5 rings (SSSR count). The van der Waals surface area contributed by atoms with Gasteiger partial charge in [-0.05, 0) is 62.9 Å². The Labute approximate surface area is 175 Å². The van der Waals surface area contributed by atoms with Gasteiger partial charge in [-0.3, -0.25) is 0 Å². The highest BCUT2D eigenvalue weighted by Crippen LogP contribution is 2.53. The van der Waals surface area contributed by atoms with Crippen LogP contribution in [0.25, 0.3) is 11.1 Å². The summed E-state index contributed by atoms with van der Waals surface area (Å²) in [5, 5.41) is 0. The first-order chi connectivity index (χ1) is 14.5. The molecule has 1 saturated carbocycles. The third-order valence-electron chi connectivity index (χ3n) is 6.36. The van der Waals surface area contributed by atoms with Gasteiger partial charge in [0, 0.05) is 23.2 Å². The third-order valence-corrected chi connectivity index (χ3v) is 6.36. The SMILES string of the molecule is CC(C)OC1CCC2Oc3ccc(-c4cccnc4F)cc3[C@@]3(COC(N)=N3)[C@H]2C1. The van der Waals surface area contributed by atoms with Gasteiger partial charge < -0.3 is 19.9 Å². The van der Waals surface area contributed by atoms with E-state index in [1.54, 1.807) is 12.1 Å². The summed E-state index contributed by atoms with van der Waals surface area (Å²) < 4.78 is 32.6. The molecule has 3 heterocycles. The van der Waals surface area contributed by atoms with E-state index in [9.17, 15) is 4.39 Å². The van der Waals surface area contributed by atoms with Crippen molar-refractivity contribution in [2.24, 2.45) is 16.6 Å². The minimum absolute atomic E-state index is 0.0174. The average molecular weight is 411 g/mol. The lowest BCUT2D eigenvalue weighted by molar-refractivity contribution is -0.0791. The van der Waals surface area contributed by atoms with Crippen molar-refractivity contribution in [1.82, 2.24) is 4.98 Å². The van der Waals surface area contributed by atoms with Crippen LogP contribution in [0.15, 0.2) is 41.5 Å². The quantitative estimate of drug-likeness (QED) is 0.778. The number of hydrogen-bond donors (Lipinski definition) is 1. The Balaban J connectivity index is 1.60. The molecule has 2 aliphatic heterocycles. The Bertz CT molecular complexity index is 995. The van der Waals surface area contributed by atoms with Crippen LogP contribution in [0, 0.1) is 11.9 Å². The standard InChI is InChI=1S/C23H26FN3O3/c1-13(2)29-15-6-8-20-18(11-15)23(12-28-22(25)27-23)17-10-14(5-7-19(17)30-20)16-4-3-9-26-21(16)24/h3-5,7,9-10,13,15,18,20H,6,8,11-12H2,1-2H3,(H2,25,27)/t15?,18-,20?,23-/m0/s1. The Morgan fingerprint density at radius 1 is 1.27 bits per heavy atom. The van der Waals surface area contributed by atoms with Crippen LogP contribution in [0.3, 0.4) is 0 Å². The van der Waals surface area contributed by atoms with Crippen LogP contribution in [0.5, 0.6) is 5.75 Å². The highest BCUT2D eigenvalue weighted by molar-refractivity contribution is 5.75. The molecule has 3 aliphatic rings. The molecule has 0 saturated heterocycles.